The first-order chi connectivity index (χ1) is 11.3. The van der Waals surface area contributed by atoms with Crippen LogP contribution in [-0.2, 0) is 6.54 Å². The van der Waals surface area contributed by atoms with Crippen molar-refractivity contribution in [3.05, 3.63) is 72.2 Å². The lowest BCUT2D eigenvalue weighted by molar-refractivity contribution is 0.292. The van der Waals surface area contributed by atoms with Gasteiger partial charge in [0.05, 0.1) is 18.0 Å². The molecule has 3 aromatic rings. The van der Waals surface area contributed by atoms with E-state index in [2.05, 4.69) is 10.4 Å². The fourth-order valence-electron chi connectivity index (χ4n) is 2.40. The first-order valence-electron chi connectivity index (χ1n) is 7.49. The predicted molar refractivity (Wildman–Crippen MR) is 87.8 cm³/mol. The van der Waals surface area contributed by atoms with E-state index in [1.807, 2.05) is 41.2 Å². The largest absolute Gasteiger partial charge is 0.395 e. The van der Waals surface area contributed by atoms with Crippen molar-refractivity contribution in [2.75, 3.05) is 13.2 Å². The summed E-state index contributed by atoms with van der Waals surface area (Å²) < 4.78 is 15.0. The van der Waals surface area contributed by atoms with Gasteiger partial charge in [0.1, 0.15) is 5.82 Å². The van der Waals surface area contributed by atoms with Gasteiger partial charge < -0.3 is 10.4 Å². The van der Waals surface area contributed by atoms with E-state index in [1.165, 1.54) is 12.1 Å². The van der Waals surface area contributed by atoms with E-state index in [9.17, 15) is 4.39 Å². The zero-order valence-corrected chi connectivity index (χ0v) is 12.6. The molecule has 1 aromatic heterocycles. The molecule has 23 heavy (non-hydrogen) atoms. The molecule has 0 radical (unpaired) electrons. The third kappa shape index (κ3) is 3.64. The Balaban J connectivity index is 1.98. The molecule has 0 saturated heterocycles. The van der Waals surface area contributed by atoms with Gasteiger partial charge in [-0.25, -0.2) is 9.07 Å². The van der Waals surface area contributed by atoms with Crippen LogP contribution in [0.5, 0.6) is 0 Å². The van der Waals surface area contributed by atoms with Crippen LogP contribution < -0.4 is 5.32 Å². The molecule has 0 aliphatic heterocycles. The fraction of sp³-hybridized carbons (Fsp3) is 0.167. The Labute approximate surface area is 134 Å². The summed E-state index contributed by atoms with van der Waals surface area (Å²) in [6, 6.07) is 16.1. The minimum atomic E-state index is -0.267. The van der Waals surface area contributed by atoms with Crippen LogP contribution in [0.4, 0.5) is 4.39 Å². The summed E-state index contributed by atoms with van der Waals surface area (Å²) in [5, 5.41) is 16.7. The van der Waals surface area contributed by atoms with Gasteiger partial charge in [0.25, 0.3) is 0 Å². The van der Waals surface area contributed by atoms with Gasteiger partial charge in [0.15, 0.2) is 0 Å². The average Bonchev–Trinajstić information content (AvgIpc) is 3.01. The molecule has 3 rings (SSSR count). The Hall–Kier alpha value is -2.50. The van der Waals surface area contributed by atoms with Crippen LogP contribution in [0.25, 0.3) is 16.9 Å². The van der Waals surface area contributed by atoms with Crippen LogP contribution in [-0.4, -0.2) is 28.0 Å². The summed E-state index contributed by atoms with van der Waals surface area (Å²) in [5.41, 5.74) is 3.62. The third-order valence-electron chi connectivity index (χ3n) is 3.53. The first kappa shape index (κ1) is 15.4. The predicted octanol–water partition coefficient (Wildman–Crippen LogP) is 2.76. The molecular formula is C18H18FN3O. The molecule has 2 N–H and O–H groups in total. The maximum absolute atomic E-state index is 13.2. The second-order valence-corrected chi connectivity index (χ2v) is 5.19. The third-order valence-corrected chi connectivity index (χ3v) is 3.53. The topological polar surface area (TPSA) is 50.1 Å². The van der Waals surface area contributed by atoms with Gasteiger partial charge in [-0.15, -0.1) is 0 Å². The molecule has 5 heteroatoms. The molecular weight excluding hydrogens is 293 g/mol. The Morgan fingerprint density at radius 1 is 1.04 bits per heavy atom. The molecule has 1 heterocycles. The molecule has 0 fully saturated rings. The highest BCUT2D eigenvalue weighted by Crippen LogP contribution is 2.24. The Morgan fingerprint density at radius 2 is 1.78 bits per heavy atom. The van der Waals surface area contributed by atoms with Crippen molar-refractivity contribution in [1.82, 2.24) is 15.1 Å². The molecule has 0 atom stereocenters. The van der Waals surface area contributed by atoms with Gasteiger partial charge in [0.2, 0.25) is 0 Å². The van der Waals surface area contributed by atoms with Gasteiger partial charge in [0, 0.05) is 30.4 Å². The van der Waals surface area contributed by atoms with Crippen LogP contribution >= 0.6 is 0 Å². The summed E-state index contributed by atoms with van der Waals surface area (Å²) in [5.74, 6) is -0.267. The van der Waals surface area contributed by atoms with Gasteiger partial charge in [-0.1, -0.05) is 18.2 Å². The number of nitrogens with one attached hydrogen (secondary N) is 1. The van der Waals surface area contributed by atoms with E-state index in [1.54, 1.807) is 12.1 Å². The molecule has 118 valence electrons. The number of halogens is 1. The number of benzene rings is 2. The molecule has 2 aromatic carbocycles. The summed E-state index contributed by atoms with van der Waals surface area (Å²) in [6.07, 6.45) is 1.96. The lowest BCUT2D eigenvalue weighted by atomic mass is 10.1. The normalized spacial score (nSPS) is 10.9. The maximum atomic E-state index is 13.2. The SMILES string of the molecule is OCCNCc1cn(-c2ccccc2)nc1-c1ccc(F)cc1. The molecule has 0 aliphatic carbocycles. The average molecular weight is 311 g/mol. The van der Waals surface area contributed by atoms with Crippen molar-refractivity contribution in [1.29, 1.82) is 0 Å². The monoisotopic (exact) mass is 311 g/mol. The van der Waals surface area contributed by atoms with Crippen LogP contribution in [0.1, 0.15) is 5.56 Å². The van der Waals surface area contributed by atoms with Crippen LogP contribution in [0, 0.1) is 5.82 Å². The highest BCUT2D eigenvalue weighted by Gasteiger charge is 2.12. The van der Waals surface area contributed by atoms with Crippen molar-refractivity contribution in [2.24, 2.45) is 0 Å². The lowest BCUT2D eigenvalue weighted by Gasteiger charge is -2.03. The van der Waals surface area contributed by atoms with Crippen LogP contribution in [0.15, 0.2) is 60.8 Å². The highest BCUT2D eigenvalue weighted by molar-refractivity contribution is 5.63. The molecule has 0 aliphatic rings. The number of nitrogens with zero attached hydrogens (tertiary/aromatic N) is 2. The number of aliphatic hydroxyl groups is 1. The number of rotatable bonds is 6. The summed E-state index contributed by atoms with van der Waals surface area (Å²) >= 11 is 0. The zero-order valence-electron chi connectivity index (χ0n) is 12.6. The molecule has 0 amide bonds. The minimum Gasteiger partial charge on any atom is -0.395 e. The Morgan fingerprint density at radius 3 is 2.48 bits per heavy atom. The van der Waals surface area contributed by atoms with Gasteiger partial charge in [-0.3, -0.25) is 0 Å². The maximum Gasteiger partial charge on any atom is 0.123 e. The van der Waals surface area contributed by atoms with E-state index in [4.69, 9.17) is 5.11 Å². The van der Waals surface area contributed by atoms with E-state index in [0.717, 1.165) is 22.5 Å². The first-order valence-corrected chi connectivity index (χ1v) is 7.49. The number of aromatic nitrogens is 2. The Kier molecular flexibility index (Phi) is 4.80. The molecule has 0 spiro atoms. The fourth-order valence-corrected chi connectivity index (χ4v) is 2.40. The van der Waals surface area contributed by atoms with E-state index in [-0.39, 0.29) is 12.4 Å². The van der Waals surface area contributed by atoms with Gasteiger partial charge >= 0.3 is 0 Å². The number of hydrogen-bond donors (Lipinski definition) is 2. The molecule has 4 nitrogen and oxygen atoms in total. The summed E-state index contributed by atoms with van der Waals surface area (Å²) in [4.78, 5) is 0. The van der Waals surface area contributed by atoms with Crippen molar-refractivity contribution < 1.29 is 9.50 Å². The Bertz CT molecular complexity index is 754. The van der Waals surface area contributed by atoms with Crippen molar-refractivity contribution in [3.8, 4) is 16.9 Å². The number of aliphatic hydroxyl groups excluding tert-OH is 1. The number of para-hydroxylation sites is 1. The lowest BCUT2D eigenvalue weighted by Crippen LogP contribution is -2.17. The highest BCUT2D eigenvalue weighted by atomic mass is 19.1. The second kappa shape index (κ2) is 7.17. The minimum absolute atomic E-state index is 0.0820. The second-order valence-electron chi connectivity index (χ2n) is 5.19. The molecule has 0 unspecified atom stereocenters. The van der Waals surface area contributed by atoms with Crippen molar-refractivity contribution in [2.45, 2.75) is 6.54 Å². The molecule has 0 bridgehead atoms. The van der Waals surface area contributed by atoms with Crippen LogP contribution in [0.2, 0.25) is 0 Å². The van der Waals surface area contributed by atoms with E-state index in [0.29, 0.717) is 13.1 Å². The quantitative estimate of drug-likeness (QED) is 0.688. The number of hydrogen-bond acceptors (Lipinski definition) is 3. The van der Waals surface area contributed by atoms with Crippen molar-refractivity contribution in [3.63, 3.8) is 0 Å². The molecule has 0 saturated carbocycles. The van der Waals surface area contributed by atoms with Crippen LogP contribution in [0.3, 0.4) is 0 Å². The van der Waals surface area contributed by atoms with Gasteiger partial charge in [-0.05, 0) is 36.4 Å². The van der Waals surface area contributed by atoms with E-state index >= 15 is 0 Å². The summed E-state index contributed by atoms with van der Waals surface area (Å²) in [6.45, 7) is 1.18. The zero-order chi connectivity index (χ0) is 16.1. The van der Waals surface area contributed by atoms with Gasteiger partial charge in [-0.2, -0.15) is 5.10 Å². The van der Waals surface area contributed by atoms with E-state index < -0.39 is 0 Å². The summed E-state index contributed by atoms with van der Waals surface area (Å²) in [7, 11) is 0. The smallest absolute Gasteiger partial charge is 0.123 e. The van der Waals surface area contributed by atoms with Crippen molar-refractivity contribution >= 4 is 0 Å². The standard InChI is InChI=1S/C18H18FN3O/c19-16-8-6-14(7-9-16)18-15(12-20-10-11-23)13-22(21-18)17-4-2-1-3-5-17/h1-9,13,20,23H,10-12H2.